The van der Waals surface area contributed by atoms with Gasteiger partial charge < -0.3 is 5.11 Å². The molecule has 3 aromatic rings. The summed E-state index contributed by atoms with van der Waals surface area (Å²) in [6.07, 6.45) is 0. The Labute approximate surface area is 149 Å². The summed E-state index contributed by atoms with van der Waals surface area (Å²) in [6, 6.07) is 7.98. The normalized spacial score (nSPS) is 11.4. The van der Waals surface area contributed by atoms with Crippen LogP contribution in [0.4, 0.5) is 0 Å². The number of aliphatic carboxylic acids is 1. The van der Waals surface area contributed by atoms with E-state index in [0.29, 0.717) is 16.0 Å². The second-order valence-corrected chi connectivity index (χ2v) is 7.69. The molecule has 0 fully saturated rings. The van der Waals surface area contributed by atoms with Gasteiger partial charge in [0.2, 0.25) is 0 Å². The lowest BCUT2D eigenvalue weighted by atomic mass is 10.0. The van der Waals surface area contributed by atoms with E-state index < -0.39 is 5.97 Å². The molecule has 6 heteroatoms. The molecule has 0 unspecified atom stereocenters. The Morgan fingerprint density at radius 3 is 2.44 bits per heavy atom. The fourth-order valence-corrected chi connectivity index (χ4v) is 4.05. The average Bonchev–Trinajstić information content (AvgIpc) is 2.86. The molecule has 0 radical (unpaired) electrons. The van der Waals surface area contributed by atoms with Gasteiger partial charge in [-0.15, -0.1) is 11.3 Å². The Kier molecular flexibility index (Phi) is 4.47. The number of hydrogen-bond acceptors (Lipinski definition) is 4. The number of benzene rings is 1. The van der Waals surface area contributed by atoms with E-state index in [-0.39, 0.29) is 18.0 Å². The third-order valence-corrected chi connectivity index (χ3v) is 5.17. The summed E-state index contributed by atoms with van der Waals surface area (Å²) in [4.78, 5) is 30.7. The fraction of sp³-hybridized carbons (Fsp3) is 0.316. The predicted molar refractivity (Wildman–Crippen MR) is 101 cm³/mol. The molecule has 0 bridgehead atoms. The molecule has 2 heterocycles. The standard InChI is InChI=1S/C19H20N2O3S/c1-10(2)17-20-18-16(19(24)21(17)9-14(22)23)15(12(4)25-18)13-7-5-11(3)6-8-13/h5-8,10H,9H2,1-4H3,(H,22,23). The molecule has 0 saturated carbocycles. The van der Waals surface area contributed by atoms with Crippen molar-refractivity contribution in [3.05, 3.63) is 50.9 Å². The highest BCUT2D eigenvalue weighted by atomic mass is 32.1. The molecule has 0 atom stereocenters. The molecule has 5 nitrogen and oxygen atoms in total. The Morgan fingerprint density at radius 1 is 1.24 bits per heavy atom. The Morgan fingerprint density at radius 2 is 1.88 bits per heavy atom. The lowest BCUT2D eigenvalue weighted by molar-refractivity contribution is -0.137. The highest BCUT2D eigenvalue weighted by Crippen LogP contribution is 2.36. The van der Waals surface area contributed by atoms with Crippen molar-refractivity contribution in [1.29, 1.82) is 0 Å². The lowest BCUT2D eigenvalue weighted by Gasteiger charge is -2.13. The molecular weight excluding hydrogens is 336 g/mol. The van der Waals surface area contributed by atoms with Gasteiger partial charge >= 0.3 is 5.97 Å². The minimum Gasteiger partial charge on any atom is -0.480 e. The molecule has 2 aromatic heterocycles. The summed E-state index contributed by atoms with van der Waals surface area (Å²) in [5, 5.41) is 9.72. The third-order valence-electron chi connectivity index (χ3n) is 4.17. The zero-order chi connectivity index (χ0) is 18.3. The number of aromatic nitrogens is 2. The highest BCUT2D eigenvalue weighted by molar-refractivity contribution is 7.19. The molecule has 0 amide bonds. The zero-order valence-corrected chi connectivity index (χ0v) is 15.5. The number of hydrogen-bond donors (Lipinski definition) is 1. The van der Waals surface area contributed by atoms with Crippen LogP contribution in [0.1, 0.15) is 36.0 Å². The molecule has 130 valence electrons. The number of thiophene rings is 1. The van der Waals surface area contributed by atoms with Gasteiger partial charge in [-0.3, -0.25) is 14.2 Å². The van der Waals surface area contributed by atoms with Crippen LogP contribution >= 0.6 is 11.3 Å². The van der Waals surface area contributed by atoms with Gasteiger partial charge in [0.25, 0.3) is 5.56 Å². The van der Waals surface area contributed by atoms with Crippen molar-refractivity contribution in [3.63, 3.8) is 0 Å². The third kappa shape index (κ3) is 3.09. The van der Waals surface area contributed by atoms with Crippen molar-refractivity contribution in [3.8, 4) is 11.1 Å². The second kappa shape index (κ2) is 6.44. The zero-order valence-electron chi connectivity index (χ0n) is 14.7. The maximum atomic E-state index is 13.1. The first-order chi connectivity index (χ1) is 11.8. The molecule has 1 N–H and O–H groups in total. The van der Waals surface area contributed by atoms with Crippen LogP contribution in [0.2, 0.25) is 0 Å². The van der Waals surface area contributed by atoms with E-state index >= 15 is 0 Å². The largest absolute Gasteiger partial charge is 0.480 e. The summed E-state index contributed by atoms with van der Waals surface area (Å²) >= 11 is 1.48. The quantitative estimate of drug-likeness (QED) is 0.768. The number of rotatable bonds is 4. The van der Waals surface area contributed by atoms with Crippen LogP contribution < -0.4 is 5.56 Å². The van der Waals surface area contributed by atoms with Crippen molar-refractivity contribution in [2.75, 3.05) is 0 Å². The number of fused-ring (bicyclic) bond motifs is 1. The first-order valence-electron chi connectivity index (χ1n) is 8.12. The summed E-state index contributed by atoms with van der Waals surface area (Å²) in [7, 11) is 0. The van der Waals surface area contributed by atoms with E-state index in [9.17, 15) is 14.7 Å². The van der Waals surface area contributed by atoms with E-state index in [4.69, 9.17) is 0 Å². The highest BCUT2D eigenvalue weighted by Gasteiger charge is 2.21. The van der Waals surface area contributed by atoms with Gasteiger partial charge in [-0.1, -0.05) is 43.7 Å². The minimum absolute atomic E-state index is 0.0401. The van der Waals surface area contributed by atoms with Gasteiger partial charge in [-0.2, -0.15) is 0 Å². The maximum absolute atomic E-state index is 13.1. The Balaban J connectivity index is 2.37. The maximum Gasteiger partial charge on any atom is 0.323 e. The van der Waals surface area contributed by atoms with Gasteiger partial charge in [0.1, 0.15) is 17.2 Å². The summed E-state index contributed by atoms with van der Waals surface area (Å²) in [5.41, 5.74) is 2.67. The second-order valence-electron chi connectivity index (χ2n) is 6.49. The van der Waals surface area contributed by atoms with Crippen LogP contribution in [0.3, 0.4) is 0 Å². The number of carbonyl (C=O) groups is 1. The van der Waals surface area contributed by atoms with Gasteiger partial charge in [-0.05, 0) is 19.4 Å². The molecule has 25 heavy (non-hydrogen) atoms. The average molecular weight is 356 g/mol. The van der Waals surface area contributed by atoms with Gasteiger partial charge in [0.15, 0.2) is 0 Å². The van der Waals surface area contributed by atoms with E-state index in [1.54, 1.807) is 0 Å². The van der Waals surface area contributed by atoms with Crippen LogP contribution in [-0.2, 0) is 11.3 Å². The number of carboxylic acid groups (broad SMARTS) is 1. The monoisotopic (exact) mass is 356 g/mol. The molecule has 0 spiro atoms. The van der Waals surface area contributed by atoms with Crippen LogP contribution in [0, 0.1) is 13.8 Å². The van der Waals surface area contributed by atoms with Gasteiger partial charge in [-0.25, -0.2) is 4.98 Å². The Bertz CT molecular complexity index is 1010. The fourth-order valence-electron chi connectivity index (χ4n) is 3.01. The first-order valence-corrected chi connectivity index (χ1v) is 8.94. The molecular formula is C19H20N2O3S. The van der Waals surface area contributed by atoms with E-state index in [2.05, 4.69) is 4.98 Å². The smallest absolute Gasteiger partial charge is 0.323 e. The SMILES string of the molecule is Cc1ccc(-c2c(C)sc3nc(C(C)C)n(CC(=O)O)c(=O)c23)cc1. The van der Waals surface area contributed by atoms with Crippen LogP contribution in [0.25, 0.3) is 21.3 Å². The van der Waals surface area contributed by atoms with E-state index in [1.807, 2.05) is 52.0 Å². The lowest BCUT2D eigenvalue weighted by Crippen LogP contribution is -2.29. The van der Waals surface area contributed by atoms with Crippen LogP contribution in [0.5, 0.6) is 0 Å². The molecule has 3 rings (SSSR count). The van der Waals surface area contributed by atoms with Crippen molar-refractivity contribution in [1.82, 2.24) is 9.55 Å². The van der Waals surface area contributed by atoms with Gasteiger partial charge in [0, 0.05) is 16.4 Å². The summed E-state index contributed by atoms with van der Waals surface area (Å²) < 4.78 is 1.29. The van der Waals surface area contributed by atoms with E-state index in [0.717, 1.165) is 21.6 Å². The molecule has 1 aromatic carbocycles. The molecule has 0 saturated heterocycles. The Hall–Kier alpha value is -2.47. The van der Waals surface area contributed by atoms with Crippen LogP contribution in [-0.4, -0.2) is 20.6 Å². The van der Waals surface area contributed by atoms with Crippen molar-refractivity contribution < 1.29 is 9.90 Å². The van der Waals surface area contributed by atoms with Crippen molar-refractivity contribution >= 4 is 27.5 Å². The minimum atomic E-state index is -1.05. The van der Waals surface area contributed by atoms with Crippen molar-refractivity contribution in [2.24, 2.45) is 0 Å². The molecule has 0 aliphatic rings. The van der Waals surface area contributed by atoms with Crippen molar-refractivity contribution in [2.45, 2.75) is 40.2 Å². The number of aryl methyl sites for hydroxylation is 2. The first kappa shape index (κ1) is 17.4. The number of carboxylic acids is 1. The molecule has 0 aliphatic heterocycles. The topological polar surface area (TPSA) is 72.2 Å². The molecule has 0 aliphatic carbocycles. The number of nitrogens with zero attached hydrogens (tertiary/aromatic N) is 2. The predicted octanol–water partition coefficient (Wildman–Crippen LogP) is 3.95. The van der Waals surface area contributed by atoms with Crippen LogP contribution in [0.15, 0.2) is 29.1 Å². The summed E-state index contributed by atoms with van der Waals surface area (Å²) in [6.45, 7) is 7.42. The van der Waals surface area contributed by atoms with E-state index in [1.165, 1.54) is 15.9 Å². The van der Waals surface area contributed by atoms with Gasteiger partial charge in [0.05, 0.1) is 5.39 Å². The summed E-state index contributed by atoms with van der Waals surface area (Å²) in [5.74, 6) is -0.577.